The molecule has 2 fully saturated rings. The molecule has 1 unspecified atom stereocenters. The van der Waals surface area contributed by atoms with Gasteiger partial charge in [0.25, 0.3) is 0 Å². The molecule has 0 spiro atoms. The zero-order chi connectivity index (χ0) is 12.8. The Morgan fingerprint density at radius 2 is 2.17 bits per heavy atom. The molecule has 0 radical (unpaired) electrons. The minimum atomic E-state index is 0.668. The Bertz CT molecular complexity index is 276. The van der Waals surface area contributed by atoms with Gasteiger partial charge in [-0.15, -0.1) is 0 Å². The highest BCUT2D eigenvalue weighted by Crippen LogP contribution is 2.21. The molecule has 1 saturated carbocycles. The lowest BCUT2D eigenvalue weighted by Gasteiger charge is -2.31. The summed E-state index contributed by atoms with van der Waals surface area (Å²) >= 11 is 0. The van der Waals surface area contributed by atoms with Crippen LogP contribution in [-0.4, -0.2) is 49.7 Å². The second kappa shape index (κ2) is 6.98. The van der Waals surface area contributed by atoms with E-state index in [1.54, 1.807) is 0 Å². The molecule has 1 aliphatic carbocycles. The fraction of sp³-hybridized carbons (Fsp3) is 0.929. The van der Waals surface area contributed by atoms with E-state index in [2.05, 4.69) is 29.1 Å². The number of ether oxygens (including phenoxy) is 1. The third-order valence-electron chi connectivity index (χ3n) is 3.89. The fourth-order valence-electron chi connectivity index (χ4n) is 2.57. The lowest BCUT2D eigenvalue weighted by Crippen LogP contribution is -2.47. The van der Waals surface area contributed by atoms with Crippen LogP contribution >= 0.6 is 0 Å². The van der Waals surface area contributed by atoms with Crippen LogP contribution in [0.4, 0.5) is 0 Å². The van der Waals surface area contributed by atoms with E-state index < -0.39 is 0 Å². The van der Waals surface area contributed by atoms with E-state index >= 15 is 0 Å². The lowest BCUT2D eigenvalue weighted by atomic mass is 9.93. The van der Waals surface area contributed by atoms with Crippen molar-refractivity contribution in [2.24, 2.45) is 10.9 Å². The van der Waals surface area contributed by atoms with Gasteiger partial charge in [-0.05, 0) is 39.5 Å². The average Bonchev–Trinajstić information content (AvgIpc) is 2.78. The standard InChI is InChI=1S/C14H27N3O/c1-3-15-14(16-13-6-5-7-13)17-9-8-12(10-17)11-18-4-2/h12-13H,3-11H2,1-2H3,(H,15,16). The predicted molar refractivity (Wildman–Crippen MR) is 74.9 cm³/mol. The van der Waals surface area contributed by atoms with Crippen LogP contribution in [0.25, 0.3) is 0 Å². The van der Waals surface area contributed by atoms with Crippen molar-refractivity contribution in [2.45, 2.75) is 45.6 Å². The first-order valence-electron chi connectivity index (χ1n) is 7.47. The molecule has 2 aliphatic rings. The van der Waals surface area contributed by atoms with Gasteiger partial charge >= 0.3 is 0 Å². The molecular weight excluding hydrogens is 226 g/mol. The van der Waals surface area contributed by atoms with Crippen molar-refractivity contribution in [3.8, 4) is 0 Å². The highest BCUT2D eigenvalue weighted by Gasteiger charge is 2.27. The molecule has 0 aromatic heterocycles. The Morgan fingerprint density at radius 1 is 1.33 bits per heavy atom. The number of rotatable bonds is 5. The van der Waals surface area contributed by atoms with E-state index in [4.69, 9.17) is 4.74 Å². The first kappa shape index (κ1) is 13.7. The Morgan fingerprint density at radius 3 is 2.78 bits per heavy atom. The van der Waals surface area contributed by atoms with Crippen LogP contribution in [0.3, 0.4) is 0 Å². The number of hydrogen-bond donors (Lipinski definition) is 1. The van der Waals surface area contributed by atoms with Crippen molar-refractivity contribution < 1.29 is 4.74 Å². The quantitative estimate of drug-likeness (QED) is 0.600. The van der Waals surface area contributed by atoms with Crippen molar-refractivity contribution in [2.75, 3.05) is 32.8 Å². The second-order valence-electron chi connectivity index (χ2n) is 5.33. The van der Waals surface area contributed by atoms with Gasteiger partial charge in [-0.25, -0.2) is 0 Å². The summed E-state index contributed by atoms with van der Waals surface area (Å²) in [7, 11) is 0. The average molecular weight is 253 g/mol. The molecule has 0 aromatic rings. The van der Waals surface area contributed by atoms with Gasteiger partial charge in [-0.1, -0.05) is 0 Å². The third-order valence-corrected chi connectivity index (χ3v) is 3.89. The molecule has 1 heterocycles. The molecule has 2 rings (SSSR count). The number of hydrogen-bond acceptors (Lipinski definition) is 2. The minimum Gasteiger partial charge on any atom is -0.381 e. The van der Waals surface area contributed by atoms with Crippen LogP contribution < -0.4 is 5.32 Å². The van der Waals surface area contributed by atoms with E-state index in [0.717, 1.165) is 38.8 Å². The molecule has 18 heavy (non-hydrogen) atoms. The van der Waals surface area contributed by atoms with Gasteiger partial charge in [0.2, 0.25) is 0 Å². The van der Waals surface area contributed by atoms with Crippen molar-refractivity contribution in [3.05, 3.63) is 0 Å². The SMILES string of the molecule is CCN=C(NC1CCC1)N1CCC(COCC)C1. The van der Waals surface area contributed by atoms with Gasteiger partial charge in [-0.3, -0.25) is 4.99 Å². The molecule has 0 bridgehead atoms. The van der Waals surface area contributed by atoms with E-state index in [1.165, 1.54) is 25.7 Å². The molecule has 4 heteroatoms. The lowest BCUT2D eigenvalue weighted by molar-refractivity contribution is 0.114. The first-order chi connectivity index (χ1) is 8.83. The second-order valence-corrected chi connectivity index (χ2v) is 5.33. The van der Waals surface area contributed by atoms with E-state index in [1.807, 2.05) is 0 Å². The molecule has 1 atom stereocenters. The maximum atomic E-state index is 5.53. The van der Waals surface area contributed by atoms with E-state index in [9.17, 15) is 0 Å². The Hall–Kier alpha value is -0.770. The van der Waals surface area contributed by atoms with Gasteiger partial charge in [0.1, 0.15) is 0 Å². The van der Waals surface area contributed by atoms with Crippen molar-refractivity contribution >= 4 is 5.96 Å². The Kier molecular flexibility index (Phi) is 5.29. The van der Waals surface area contributed by atoms with Crippen LogP contribution in [0.5, 0.6) is 0 Å². The topological polar surface area (TPSA) is 36.9 Å². The number of likely N-dealkylation sites (tertiary alicyclic amines) is 1. The number of aliphatic imine (C=N–C) groups is 1. The molecule has 4 nitrogen and oxygen atoms in total. The first-order valence-corrected chi connectivity index (χ1v) is 7.47. The molecular formula is C14H27N3O. The summed E-state index contributed by atoms with van der Waals surface area (Å²) in [5.41, 5.74) is 0. The zero-order valence-electron chi connectivity index (χ0n) is 11.8. The van der Waals surface area contributed by atoms with Gasteiger partial charge in [0, 0.05) is 38.2 Å². The van der Waals surface area contributed by atoms with Crippen LogP contribution in [-0.2, 0) is 4.74 Å². The summed E-state index contributed by atoms with van der Waals surface area (Å²) in [6.45, 7) is 8.98. The summed E-state index contributed by atoms with van der Waals surface area (Å²) in [5.74, 6) is 1.80. The van der Waals surface area contributed by atoms with Crippen LogP contribution in [0, 0.1) is 5.92 Å². The highest BCUT2D eigenvalue weighted by molar-refractivity contribution is 5.80. The van der Waals surface area contributed by atoms with E-state index in [-0.39, 0.29) is 0 Å². The van der Waals surface area contributed by atoms with Crippen LogP contribution in [0.15, 0.2) is 4.99 Å². The van der Waals surface area contributed by atoms with Crippen LogP contribution in [0.2, 0.25) is 0 Å². The van der Waals surface area contributed by atoms with Crippen molar-refractivity contribution in [1.82, 2.24) is 10.2 Å². The monoisotopic (exact) mass is 253 g/mol. The minimum absolute atomic E-state index is 0.668. The molecule has 104 valence electrons. The maximum absolute atomic E-state index is 5.53. The highest BCUT2D eigenvalue weighted by atomic mass is 16.5. The van der Waals surface area contributed by atoms with Gasteiger partial charge in [-0.2, -0.15) is 0 Å². The van der Waals surface area contributed by atoms with Gasteiger partial charge in [0.15, 0.2) is 5.96 Å². The van der Waals surface area contributed by atoms with Gasteiger partial charge in [0.05, 0.1) is 6.61 Å². The van der Waals surface area contributed by atoms with Gasteiger partial charge < -0.3 is 15.0 Å². The fourth-order valence-corrected chi connectivity index (χ4v) is 2.57. The molecule has 1 aliphatic heterocycles. The van der Waals surface area contributed by atoms with E-state index in [0.29, 0.717) is 12.0 Å². The maximum Gasteiger partial charge on any atom is 0.194 e. The zero-order valence-corrected chi connectivity index (χ0v) is 11.8. The van der Waals surface area contributed by atoms with Crippen molar-refractivity contribution in [3.63, 3.8) is 0 Å². The Labute approximate surface area is 111 Å². The van der Waals surface area contributed by atoms with Crippen molar-refractivity contribution in [1.29, 1.82) is 0 Å². The number of nitrogens with one attached hydrogen (secondary N) is 1. The third kappa shape index (κ3) is 3.61. The predicted octanol–water partition coefficient (Wildman–Crippen LogP) is 1.86. The number of nitrogens with zero attached hydrogens (tertiary/aromatic N) is 2. The molecule has 1 N–H and O–H groups in total. The summed E-state index contributed by atoms with van der Waals surface area (Å²) in [4.78, 5) is 7.04. The summed E-state index contributed by atoms with van der Waals surface area (Å²) in [5, 5.41) is 3.61. The summed E-state index contributed by atoms with van der Waals surface area (Å²) in [6, 6.07) is 0.668. The Balaban J connectivity index is 1.81. The summed E-state index contributed by atoms with van der Waals surface area (Å²) < 4.78 is 5.53. The van der Waals surface area contributed by atoms with Crippen LogP contribution in [0.1, 0.15) is 39.5 Å². The smallest absolute Gasteiger partial charge is 0.194 e. The molecule has 0 aromatic carbocycles. The largest absolute Gasteiger partial charge is 0.381 e. The number of guanidine groups is 1. The molecule has 1 saturated heterocycles. The molecule has 0 amide bonds. The summed E-state index contributed by atoms with van der Waals surface area (Å²) in [6.07, 6.45) is 5.21. The normalized spacial score (nSPS) is 25.3.